The molecule has 0 aliphatic rings. The maximum atomic E-state index is 12.8. The molecule has 5 nitrogen and oxygen atoms in total. The lowest BCUT2D eigenvalue weighted by atomic mass is 9.98. The molecule has 30 heavy (non-hydrogen) atoms. The molecule has 1 amide bonds. The summed E-state index contributed by atoms with van der Waals surface area (Å²) in [6, 6.07) is 22.7. The number of methoxy groups -OCH3 is 3. The van der Waals surface area contributed by atoms with Crippen LogP contribution < -0.4 is 19.5 Å². The van der Waals surface area contributed by atoms with Crippen LogP contribution >= 0.6 is 0 Å². The first kappa shape index (κ1) is 21.0. The van der Waals surface area contributed by atoms with E-state index in [2.05, 4.69) is 5.32 Å². The summed E-state index contributed by atoms with van der Waals surface area (Å²) in [5, 5.41) is 3.08. The second kappa shape index (κ2) is 10.2. The Morgan fingerprint density at radius 2 is 1.43 bits per heavy atom. The SMILES string of the molecule is COc1ccc([C@H](NC(=O)/C=C/c2cc(OC)ccc2OC)c2ccccc2)cc1. The molecular formula is C25H25NO4. The van der Waals surface area contributed by atoms with Crippen molar-refractivity contribution in [3.63, 3.8) is 0 Å². The van der Waals surface area contributed by atoms with Gasteiger partial charge in [0.15, 0.2) is 0 Å². The summed E-state index contributed by atoms with van der Waals surface area (Å²) in [4.78, 5) is 12.8. The van der Waals surface area contributed by atoms with E-state index in [4.69, 9.17) is 14.2 Å². The normalized spacial score (nSPS) is 11.7. The fraction of sp³-hybridized carbons (Fsp3) is 0.160. The first-order valence-electron chi connectivity index (χ1n) is 9.54. The topological polar surface area (TPSA) is 56.8 Å². The molecule has 0 bridgehead atoms. The van der Waals surface area contributed by atoms with Crippen molar-refractivity contribution in [2.75, 3.05) is 21.3 Å². The summed E-state index contributed by atoms with van der Waals surface area (Å²) in [6.07, 6.45) is 3.21. The van der Waals surface area contributed by atoms with Crippen LogP contribution in [-0.2, 0) is 4.79 Å². The molecule has 3 aromatic rings. The molecule has 1 atom stereocenters. The lowest BCUT2D eigenvalue weighted by Gasteiger charge is -2.19. The number of carbonyl (C=O) groups is 1. The van der Waals surface area contributed by atoms with Gasteiger partial charge in [0.2, 0.25) is 5.91 Å². The predicted octanol–water partition coefficient (Wildman–Crippen LogP) is 4.63. The summed E-state index contributed by atoms with van der Waals surface area (Å²) in [5.74, 6) is 1.90. The van der Waals surface area contributed by atoms with Crippen molar-refractivity contribution in [3.05, 3.63) is 95.6 Å². The Morgan fingerprint density at radius 3 is 2.07 bits per heavy atom. The summed E-state index contributed by atoms with van der Waals surface area (Å²) in [7, 11) is 4.82. The highest BCUT2D eigenvalue weighted by Crippen LogP contribution is 2.26. The molecule has 3 rings (SSSR count). The van der Waals surface area contributed by atoms with Gasteiger partial charge in [0.25, 0.3) is 0 Å². The van der Waals surface area contributed by atoms with E-state index in [-0.39, 0.29) is 11.9 Å². The van der Waals surface area contributed by atoms with Crippen molar-refractivity contribution in [2.24, 2.45) is 0 Å². The zero-order valence-electron chi connectivity index (χ0n) is 17.3. The van der Waals surface area contributed by atoms with Crippen molar-refractivity contribution in [1.82, 2.24) is 5.32 Å². The molecule has 0 fully saturated rings. The van der Waals surface area contributed by atoms with Crippen molar-refractivity contribution < 1.29 is 19.0 Å². The van der Waals surface area contributed by atoms with Gasteiger partial charge in [-0.1, -0.05) is 42.5 Å². The Labute approximate surface area is 176 Å². The van der Waals surface area contributed by atoms with Crippen molar-refractivity contribution >= 4 is 12.0 Å². The molecule has 0 heterocycles. The zero-order valence-corrected chi connectivity index (χ0v) is 17.3. The van der Waals surface area contributed by atoms with Crippen molar-refractivity contribution in [1.29, 1.82) is 0 Å². The number of benzene rings is 3. The highest BCUT2D eigenvalue weighted by atomic mass is 16.5. The first-order chi connectivity index (χ1) is 14.6. The van der Waals surface area contributed by atoms with E-state index in [1.165, 1.54) is 6.08 Å². The maximum absolute atomic E-state index is 12.8. The van der Waals surface area contributed by atoms with Crippen LogP contribution in [0.3, 0.4) is 0 Å². The van der Waals surface area contributed by atoms with Crippen LogP contribution in [0.1, 0.15) is 22.7 Å². The average molecular weight is 403 g/mol. The largest absolute Gasteiger partial charge is 0.497 e. The minimum atomic E-state index is -0.290. The third kappa shape index (κ3) is 5.20. The van der Waals surface area contributed by atoms with Crippen LogP contribution in [0.5, 0.6) is 17.2 Å². The molecule has 0 unspecified atom stereocenters. The second-order valence-corrected chi connectivity index (χ2v) is 6.57. The van der Waals surface area contributed by atoms with Gasteiger partial charge in [0, 0.05) is 11.6 Å². The maximum Gasteiger partial charge on any atom is 0.244 e. The number of hydrogen-bond acceptors (Lipinski definition) is 4. The van der Waals surface area contributed by atoms with Gasteiger partial charge in [-0.3, -0.25) is 4.79 Å². The number of ether oxygens (including phenoxy) is 3. The molecule has 154 valence electrons. The molecule has 0 saturated heterocycles. The van der Waals surface area contributed by atoms with Gasteiger partial charge >= 0.3 is 0 Å². The van der Waals surface area contributed by atoms with Gasteiger partial charge in [-0.15, -0.1) is 0 Å². The van der Waals surface area contributed by atoms with Crippen LogP contribution in [0, 0.1) is 0 Å². The van der Waals surface area contributed by atoms with Gasteiger partial charge in [0.1, 0.15) is 17.2 Å². The highest BCUT2D eigenvalue weighted by molar-refractivity contribution is 5.92. The molecule has 0 aliphatic carbocycles. The quantitative estimate of drug-likeness (QED) is 0.557. The zero-order chi connectivity index (χ0) is 21.3. The molecule has 0 aromatic heterocycles. The Hall–Kier alpha value is -3.73. The highest BCUT2D eigenvalue weighted by Gasteiger charge is 2.16. The van der Waals surface area contributed by atoms with Crippen LogP contribution in [0.2, 0.25) is 0 Å². The van der Waals surface area contributed by atoms with E-state index in [1.54, 1.807) is 33.5 Å². The number of rotatable bonds is 8. The number of amides is 1. The van der Waals surface area contributed by atoms with E-state index in [9.17, 15) is 4.79 Å². The fourth-order valence-electron chi connectivity index (χ4n) is 3.13. The third-order valence-corrected chi connectivity index (χ3v) is 4.72. The minimum Gasteiger partial charge on any atom is -0.497 e. The summed E-state index contributed by atoms with van der Waals surface area (Å²) < 4.78 is 15.9. The van der Waals surface area contributed by atoms with Gasteiger partial charge in [0.05, 0.1) is 27.4 Å². The third-order valence-electron chi connectivity index (χ3n) is 4.72. The standard InChI is InChI=1S/C25H25NO4/c1-28-21-12-9-19(10-13-21)25(18-7-5-4-6-8-18)26-24(27)16-11-20-17-22(29-2)14-15-23(20)30-3/h4-17,25H,1-3H3,(H,26,27)/b16-11+/t25-/m1/s1. The number of nitrogens with one attached hydrogen (secondary N) is 1. The first-order valence-corrected chi connectivity index (χ1v) is 9.54. The molecule has 0 radical (unpaired) electrons. The summed E-state index contributed by atoms with van der Waals surface area (Å²) in [6.45, 7) is 0. The minimum absolute atomic E-state index is 0.218. The van der Waals surface area contributed by atoms with Crippen LogP contribution in [0.25, 0.3) is 6.08 Å². The van der Waals surface area contributed by atoms with Crippen molar-refractivity contribution in [2.45, 2.75) is 6.04 Å². The molecule has 0 spiro atoms. The molecule has 1 N–H and O–H groups in total. The Bertz CT molecular complexity index is 997. The lowest BCUT2D eigenvalue weighted by molar-refractivity contribution is -0.116. The van der Waals surface area contributed by atoms with Gasteiger partial charge < -0.3 is 19.5 Å². The second-order valence-electron chi connectivity index (χ2n) is 6.57. The summed E-state index contributed by atoms with van der Waals surface area (Å²) in [5.41, 5.74) is 2.71. The molecular weight excluding hydrogens is 378 g/mol. The molecule has 3 aromatic carbocycles. The van der Waals surface area contributed by atoms with Gasteiger partial charge in [-0.2, -0.15) is 0 Å². The van der Waals surface area contributed by atoms with E-state index < -0.39 is 0 Å². The monoisotopic (exact) mass is 403 g/mol. The van der Waals surface area contributed by atoms with E-state index in [0.29, 0.717) is 11.5 Å². The molecule has 0 aliphatic heterocycles. The Morgan fingerprint density at radius 1 is 0.800 bits per heavy atom. The van der Waals surface area contributed by atoms with Gasteiger partial charge in [-0.25, -0.2) is 0 Å². The van der Waals surface area contributed by atoms with Gasteiger partial charge in [-0.05, 0) is 47.5 Å². The fourth-order valence-corrected chi connectivity index (χ4v) is 3.13. The van der Waals surface area contributed by atoms with E-state index in [0.717, 1.165) is 22.4 Å². The summed E-state index contributed by atoms with van der Waals surface area (Å²) >= 11 is 0. The van der Waals surface area contributed by atoms with E-state index >= 15 is 0 Å². The average Bonchev–Trinajstić information content (AvgIpc) is 2.81. The van der Waals surface area contributed by atoms with E-state index in [1.807, 2.05) is 66.7 Å². The molecule has 5 heteroatoms. The molecule has 0 saturated carbocycles. The van der Waals surface area contributed by atoms with Crippen LogP contribution in [0.4, 0.5) is 0 Å². The van der Waals surface area contributed by atoms with Crippen LogP contribution in [0.15, 0.2) is 78.9 Å². The smallest absolute Gasteiger partial charge is 0.244 e. The van der Waals surface area contributed by atoms with Crippen LogP contribution in [-0.4, -0.2) is 27.2 Å². The predicted molar refractivity (Wildman–Crippen MR) is 118 cm³/mol. The lowest BCUT2D eigenvalue weighted by Crippen LogP contribution is -2.27. The number of hydrogen-bond donors (Lipinski definition) is 1. The van der Waals surface area contributed by atoms with Crippen molar-refractivity contribution in [3.8, 4) is 17.2 Å². The number of carbonyl (C=O) groups excluding carboxylic acids is 1. The Kier molecular flexibility index (Phi) is 7.11. The Balaban J connectivity index is 1.84.